The number of Topliss-reactive ketones (excluding diaryl/α,β-unsaturated/α-hetero) is 1. The van der Waals surface area contributed by atoms with Crippen molar-refractivity contribution < 1.29 is 14.3 Å². The zero-order chi connectivity index (χ0) is 34.1. The van der Waals surface area contributed by atoms with E-state index in [4.69, 9.17) is 10.5 Å². The molecule has 1 aromatic rings. The third-order valence-corrected chi connectivity index (χ3v) is 9.17. The molecule has 0 aromatic heterocycles. The third-order valence-electron chi connectivity index (χ3n) is 9.17. The van der Waals surface area contributed by atoms with Gasteiger partial charge in [0.1, 0.15) is 0 Å². The van der Waals surface area contributed by atoms with E-state index in [1.54, 1.807) is 12.1 Å². The summed E-state index contributed by atoms with van der Waals surface area (Å²) in [7, 11) is 0. The fourth-order valence-electron chi connectivity index (χ4n) is 6.10. The number of hydrogen-bond donors (Lipinski definition) is 1. The maximum atomic E-state index is 13.4. The number of allylic oxidation sites excluding steroid dienone is 4. The Bertz CT molecular complexity index is 924. The predicted molar refractivity (Wildman–Crippen MR) is 203 cm³/mol. The molecule has 2 N–H and O–H groups in total. The first-order valence-electron chi connectivity index (χ1n) is 19.9. The van der Waals surface area contributed by atoms with Crippen LogP contribution in [0.25, 0.3) is 0 Å². The highest BCUT2D eigenvalue weighted by Crippen LogP contribution is 2.23. The highest BCUT2D eigenvalue weighted by Gasteiger charge is 2.38. The molecule has 1 atom stereocenters. The van der Waals surface area contributed by atoms with Crippen LogP contribution in [0.2, 0.25) is 0 Å². The molecule has 0 bridgehead atoms. The van der Waals surface area contributed by atoms with Gasteiger partial charge in [-0.15, -0.1) is 0 Å². The van der Waals surface area contributed by atoms with Gasteiger partial charge in [-0.25, -0.2) is 0 Å². The van der Waals surface area contributed by atoms with Gasteiger partial charge in [-0.1, -0.05) is 171 Å². The molecule has 0 amide bonds. The first-order valence-corrected chi connectivity index (χ1v) is 19.9. The molecule has 0 fully saturated rings. The minimum atomic E-state index is -1.60. The van der Waals surface area contributed by atoms with E-state index in [0.29, 0.717) is 18.4 Å². The van der Waals surface area contributed by atoms with Crippen molar-refractivity contribution in [3.8, 4) is 0 Å². The van der Waals surface area contributed by atoms with Gasteiger partial charge in [0.05, 0.1) is 0 Å². The van der Waals surface area contributed by atoms with Gasteiger partial charge < -0.3 is 4.74 Å². The molecule has 0 heterocycles. The molecule has 4 heteroatoms. The zero-order valence-electron chi connectivity index (χ0n) is 30.8. The summed E-state index contributed by atoms with van der Waals surface area (Å²) in [5.41, 5.74) is 5.48. The number of carbonyl (C=O) groups is 2. The van der Waals surface area contributed by atoms with E-state index < -0.39 is 5.72 Å². The Morgan fingerprint density at radius 1 is 0.553 bits per heavy atom. The quantitative estimate of drug-likeness (QED) is 0.0270. The summed E-state index contributed by atoms with van der Waals surface area (Å²) in [5.74, 6) is -0.659. The number of nitrogens with two attached hydrogens (primary N) is 1. The lowest BCUT2D eigenvalue weighted by atomic mass is 9.95. The van der Waals surface area contributed by atoms with Crippen LogP contribution in [0.5, 0.6) is 0 Å². The van der Waals surface area contributed by atoms with E-state index in [1.807, 2.05) is 18.2 Å². The highest BCUT2D eigenvalue weighted by atomic mass is 16.6. The lowest BCUT2D eigenvalue weighted by Gasteiger charge is -2.28. The summed E-state index contributed by atoms with van der Waals surface area (Å²) in [6.45, 7) is 4.53. The Kier molecular flexibility index (Phi) is 28.3. The number of ketones is 1. The number of benzene rings is 1. The molecule has 268 valence electrons. The molecule has 0 aliphatic carbocycles. The number of rotatable bonds is 33. The van der Waals surface area contributed by atoms with Crippen molar-refractivity contribution in [2.24, 2.45) is 5.73 Å². The molecule has 0 aliphatic rings. The predicted octanol–water partition coefficient (Wildman–Crippen LogP) is 13.1. The minimum Gasteiger partial charge on any atom is -0.436 e. The van der Waals surface area contributed by atoms with Crippen molar-refractivity contribution in [1.29, 1.82) is 0 Å². The Morgan fingerprint density at radius 3 is 1.38 bits per heavy atom. The van der Waals surface area contributed by atoms with Crippen LogP contribution in [0, 0.1) is 0 Å². The second-order valence-electron chi connectivity index (χ2n) is 13.7. The van der Waals surface area contributed by atoms with Gasteiger partial charge in [-0.3, -0.25) is 15.3 Å². The lowest BCUT2D eigenvalue weighted by Crippen LogP contribution is -2.51. The monoisotopic (exact) mass is 652 g/mol. The molecule has 47 heavy (non-hydrogen) atoms. The topological polar surface area (TPSA) is 69.4 Å². The van der Waals surface area contributed by atoms with E-state index in [9.17, 15) is 9.59 Å². The SMILES string of the molecule is CCCCCCCC/C=C\CCCCCCCC(=O)OC(N)(CCCCCCC/C=C\CCCCCCCC)C(=O)c1ccccc1. The number of carbonyl (C=O) groups excluding carboxylic acids is 2. The average molecular weight is 652 g/mol. The molecule has 0 radical (unpaired) electrons. The van der Waals surface area contributed by atoms with Gasteiger partial charge >= 0.3 is 5.97 Å². The Hall–Kier alpha value is -2.20. The van der Waals surface area contributed by atoms with Crippen molar-refractivity contribution in [3.63, 3.8) is 0 Å². The molecule has 1 rings (SSSR count). The second-order valence-corrected chi connectivity index (χ2v) is 13.7. The van der Waals surface area contributed by atoms with Gasteiger partial charge in [0.25, 0.3) is 0 Å². The van der Waals surface area contributed by atoms with Gasteiger partial charge in [0.2, 0.25) is 11.5 Å². The fraction of sp³-hybridized carbons (Fsp3) is 0.721. The maximum Gasteiger partial charge on any atom is 0.307 e. The Morgan fingerprint density at radius 2 is 0.936 bits per heavy atom. The average Bonchev–Trinajstić information content (AvgIpc) is 3.08. The molecule has 1 aromatic carbocycles. The molecule has 0 saturated heterocycles. The van der Waals surface area contributed by atoms with Crippen molar-refractivity contribution >= 4 is 11.8 Å². The fourth-order valence-corrected chi connectivity index (χ4v) is 6.10. The van der Waals surface area contributed by atoms with Crippen LogP contribution in [-0.2, 0) is 9.53 Å². The molecule has 1 unspecified atom stereocenters. The summed E-state index contributed by atoms with van der Waals surface area (Å²) in [6.07, 6.45) is 41.4. The van der Waals surface area contributed by atoms with E-state index in [2.05, 4.69) is 38.2 Å². The van der Waals surface area contributed by atoms with Gasteiger partial charge in [0.15, 0.2) is 0 Å². The second kappa shape index (κ2) is 31.1. The summed E-state index contributed by atoms with van der Waals surface area (Å²) in [4.78, 5) is 26.2. The van der Waals surface area contributed by atoms with Crippen molar-refractivity contribution in [1.82, 2.24) is 0 Å². The first-order chi connectivity index (χ1) is 23.0. The van der Waals surface area contributed by atoms with Crippen LogP contribution < -0.4 is 5.73 Å². The van der Waals surface area contributed by atoms with Gasteiger partial charge in [-0.2, -0.15) is 0 Å². The highest BCUT2D eigenvalue weighted by molar-refractivity contribution is 6.03. The van der Waals surface area contributed by atoms with E-state index >= 15 is 0 Å². The number of esters is 1. The molecule has 0 spiro atoms. The lowest BCUT2D eigenvalue weighted by molar-refractivity contribution is -0.155. The molecule has 0 aliphatic heterocycles. The molecule has 0 saturated carbocycles. The number of unbranched alkanes of at least 4 members (excludes halogenated alkanes) is 22. The Labute approximate surface area is 290 Å². The molecular formula is C43H73NO3. The van der Waals surface area contributed by atoms with Crippen LogP contribution in [0.3, 0.4) is 0 Å². The van der Waals surface area contributed by atoms with Gasteiger partial charge in [0, 0.05) is 18.4 Å². The minimum absolute atomic E-state index is 0.300. The maximum absolute atomic E-state index is 13.4. The third kappa shape index (κ3) is 24.6. The normalized spacial score (nSPS) is 13.0. The molecule has 4 nitrogen and oxygen atoms in total. The van der Waals surface area contributed by atoms with Crippen molar-refractivity contribution in [2.45, 2.75) is 199 Å². The number of ether oxygens (including phenoxy) is 1. The van der Waals surface area contributed by atoms with E-state index in [1.165, 1.54) is 116 Å². The van der Waals surface area contributed by atoms with Crippen LogP contribution >= 0.6 is 0 Å². The van der Waals surface area contributed by atoms with Gasteiger partial charge in [-0.05, 0) is 64.2 Å². The van der Waals surface area contributed by atoms with Crippen molar-refractivity contribution in [3.05, 3.63) is 60.2 Å². The summed E-state index contributed by atoms with van der Waals surface area (Å²) >= 11 is 0. The van der Waals surface area contributed by atoms with E-state index in [0.717, 1.165) is 51.4 Å². The summed E-state index contributed by atoms with van der Waals surface area (Å²) in [5, 5.41) is 0. The first kappa shape index (κ1) is 42.8. The zero-order valence-corrected chi connectivity index (χ0v) is 30.8. The van der Waals surface area contributed by atoms with Crippen LogP contribution in [0.1, 0.15) is 204 Å². The summed E-state index contributed by atoms with van der Waals surface area (Å²) in [6, 6.07) is 9.02. The molecular weight excluding hydrogens is 578 g/mol. The van der Waals surface area contributed by atoms with Crippen LogP contribution in [0.15, 0.2) is 54.6 Å². The Balaban J connectivity index is 2.26. The van der Waals surface area contributed by atoms with Crippen molar-refractivity contribution in [2.75, 3.05) is 0 Å². The summed E-state index contributed by atoms with van der Waals surface area (Å²) < 4.78 is 5.76. The van der Waals surface area contributed by atoms with Crippen LogP contribution in [0.4, 0.5) is 0 Å². The largest absolute Gasteiger partial charge is 0.436 e. The standard InChI is InChI=1S/C43H73NO3/c1-3-5-7-9-11-13-15-17-19-21-23-25-27-29-34-38-41(45)47-43(44,42(46)40-36-32-31-33-37-40)39-35-30-28-26-24-22-20-18-16-14-12-10-8-6-4-2/h17-20,31-33,36-37H,3-16,21-30,34-35,38-39,44H2,1-2H3/b19-17-,20-18-. The van der Waals surface area contributed by atoms with E-state index in [-0.39, 0.29) is 11.8 Å². The van der Waals surface area contributed by atoms with Crippen LogP contribution in [-0.4, -0.2) is 17.5 Å². The number of hydrogen-bond acceptors (Lipinski definition) is 4. The smallest absolute Gasteiger partial charge is 0.307 e.